The first-order chi connectivity index (χ1) is 13.7. The third kappa shape index (κ3) is 12.6. The number of carbonyl (C=O) groups is 4. The zero-order valence-corrected chi connectivity index (χ0v) is 19.7. The number of carboxylic acids is 1. The summed E-state index contributed by atoms with van der Waals surface area (Å²) in [5.74, 6) is -1.58. The summed E-state index contributed by atoms with van der Waals surface area (Å²) in [5, 5.41) is 17.7. The summed E-state index contributed by atoms with van der Waals surface area (Å²) in [4.78, 5) is 47.2. The smallest absolute Gasteiger partial charge is 0.326 e. The maximum absolute atomic E-state index is 12.7. The molecule has 30 heavy (non-hydrogen) atoms. The van der Waals surface area contributed by atoms with Crippen molar-refractivity contribution in [2.24, 2.45) is 5.41 Å². The Morgan fingerprint density at radius 3 is 1.93 bits per heavy atom. The fourth-order valence-corrected chi connectivity index (χ4v) is 2.93. The molecule has 2 atom stereocenters. The number of aliphatic carboxylic acids is 1. The summed E-state index contributed by atoms with van der Waals surface area (Å²) in [6.07, 6.45) is 2.45. The second kappa shape index (κ2) is 12.7. The average Bonchev–Trinajstić information content (AvgIpc) is 2.60. The van der Waals surface area contributed by atoms with Crippen LogP contribution >= 0.6 is 0 Å². The topological polar surface area (TPSA) is 125 Å². The first-order valence-electron chi connectivity index (χ1n) is 10.8. The molecule has 0 unspecified atom stereocenters. The molecule has 0 fully saturated rings. The number of ketones is 1. The van der Waals surface area contributed by atoms with Crippen LogP contribution in [0.15, 0.2) is 0 Å². The van der Waals surface area contributed by atoms with E-state index in [9.17, 15) is 19.2 Å². The SMILES string of the molecule is CCC(=O)N[C@@H](CCC(=O)NCCCC[C@H](NC(C)(C)C)C(=O)C(C)(C)C)C(=O)O. The zero-order valence-electron chi connectivity index (χ0n) is 19.7. The van der Waals surface area contributed by atoms with Crippen molar-refractivity contribution in [1.29, 1.82) is 0 Å². The molecule has 0 rings (SSSR count). The summed E-state index contributed by atoms with van der Waals surface area (Å²) in [7, 11) is 0. The predicted molar refractivity (Wildman–Crippen MR) is 117 cm³/mol. The van der Waals surface area contributed by atoms with E-state index in [-0.39, 0.29) is 48.4 Å². The van der Waals surface area contributed by atoms with Gasteiger partial charge in [-0.15, -0.1) is 0 Å². The number of carbonyl (C=O) groups excluding carboxylic acids is 3. The lowest BCUT2D eigenvalue weighted by Crippen LogP contribution is -2.50. The number of unbranched alkanes of at least 4 members (excludes halogenated alkanes) is 1. The maximum Gasteiger partial charge on any atom is 0.326 e. The molecule has 0 aromatic carbocycles. The van der Waals surface area contributed by atoms with Crippen LogP contribution in [0.5, 0.6) is 0 Å². The Balaban J connectivity index is 4.38. The van der Waals surface area contributed by atoms with Crippen molar-refractivity contribution in [1.82, 2.24) is 16.0 Å². The van der Waals surface area contributed by atoms with Gasteiger partial charge in [0.15, 0.2) is 5.78 Å². The van der Waals surface area contributed by atoms with Crippen molar-refractivity contribution in [3.05, 3.63) is 0 Å². The first-order valence-corrected chi connectivity index (χ1v) is 10.8. The van der Waals surface area contributed by atoms with Gasteiger partial charge in [-0.3, -0.25) is 14.4 Å². The van der Waals surface area contributed by atoms with Crippen LogP contribution in [0.2, 0.25) is 0 Å². The molecule has 0 aromatic heterocycles. The number of rotatable bonds is 13. The van der Waals surface area contributed by atoms with Gasteiger partial charge in [0.2, 0.25) is 11.8 Å². The van der Waals surface area contributed by atoms with E-state index < -0.39 is 17.4 Å². The quantitative estimate of drug-likeness (QED) is 0.335. The van der Waals surface area contributed by atoms with E-state index in [0.717, 1.165) is 12.8 Å². The van der Waals surface area contributed by atoms with E-state index in [1.807, 2.05) is 41.5 Å². The minimum Gasteiger partial charge on any atom is -0.480 e. The van der Waals surface area contributed by atoms with Crippen LogP contribution in [0, 0.1) is 5.41 Å². The van der Waals surface area contributed by atoms with E-state index >= 15 is 0 Å². The highest BCUT2D eigenvalue weighted by Crippen LogP contribution is 2.21. The molecule has 0 bridgehead atoms. The molecule has 2 amide bonds. The van der Waals surface area contributed by atoms with Gasteiger partial charge in [0, 0.05) is 30.3 Å². The summed E-state index contributed by atoms with van der Waals surface area (Å²) < 4.78 is 0. The van der Waals surface area contributed by atoms with Crippen LogP contribution in [0.25, 0.3) is 0 Å². The molecule has 0 aromatic rings. The molecule has 0 aliphatic heterocycles. The van der Waals surface area contributed by atoms with Crippen LogP contribution in [0.1, 0.15) is 87.0 Å². The molecule has 0 spiro atoms. The Morgan fingerprint density at radius 2 is 1.47 bits per heavy atom. The van der Waals surface area contributed by atoms with Crippen molar-refractivity contribution < 1.29 is 24.3 Å². The Kier molecular flexibility index (Phi) is 11.8. The van der Waals surface area contributed by atoms with Crippen molar-refractivity contribution in [3.8, 4) is 0 Å². The Morgan fingerprint density at radius 1 is 0.867 bits per heavy atom. The van der Waals surface area contributed by atoms with Gasteiger partial charge >= 0.3 is 5.97 Å². The zero-order chi connectivity index (χ0) is 23.5. The molecule has 0 saturated heterocycles. The van der Waals surface area contributed by atoms with Crippen LogP contribution in [0.4, 0.5) is 0 Å². The number of nitrogens with one attached hydrogen (secondary N) is 3. The second-order valence-corrected chi connectivity index (χ2v) is 9.76. The Bertz CT molecular complexity index is 591. The molecule has 0 aliphatic rings. The van der Waals surface area contributed by atoms with Gasteiger partial charge in [-0.25, -0.2) is 4.79 Å². The number of amides is 2. The lowest BCUT2D eigenvalue weighted by Gasteiger charge is -2.31. The molecule has 0 heterocycles. The first kappa shape index (κ1) is 28.0. The van der Waals surface area contributed by atoms with Gasteiger partial charge in [0.1, 0.15) is 6.04 Å². The molecule has 4 N–H and O–H groups in total. The van der Waals surface area contributed by atoms with E-state index in [0.29, 0.717) is 13.0 Å². The van der Waals surface area contributed by atoms with Crippen molar-refractivity contribution in [2.45, 2.75) is 105 Å². The van der Waals surface area contributed by atoms with Crippen LogP contribution < -0.4 is 16.0 Å². The third-order valence-corrected chi connectivity index (χ3v) is 4.52. The highest BCUT2D eigenvalue weighted by Gasteiger charge is 2.31. The second-order valence-electron chi connectivity index (χ2n) is 9.76. The Hall–Kier alpha value is -1.96. The van der Waals surface area contributed by atoms with Crippen LogP contribution in [0.3, 0.4) is 0 Å². The van der Waals surface area contributed by atoms with E-state index in [1.54, 1.807) is 6.92 Å². The standard InChI is InChI=1S/C22H41N3O5/c1-8-17(26)24-16(20(29)30)12-13-18(27)23-14-10-9-11-15(25-22(5,6)7)19(28)21(2,3)4/h15-16,25H,8-14H2,1-7H3,(H,23,27)(H,24,26)(H,29,30)/t15-,16-/m0/s1. The fraction of sp³-hybridized carbons (Fsp3) is 0.818. The lowest BCUT2D eigenvalue weighted by molar-refractivity contribution is -0.142. The summed E-state index contributed by atoms with van der Waals surface area (Å²) in [5.41, 5.74) is -0.599. The molecule has 174 valence electrons. The average molecular weight is 428 g/mol. The Labute approximate surface area is 180 Å². The summed E-state index contributed by atoms with van der Waals surface area (Å²) in [6, 6.07) is -1.30. The van der Waals surface area contributed by atoms with Gasteiger partial charge in [0.05, 0.1) is 6.04 Å². The van der Waals surface area contributed by atoms with E-state index in [1.165, 1.54) is 0 Å². The monoisotopic (exact) mass is 427 g/mol. The van der Waals surface area contributed by atoms with Gasteiger partial charge in [-0.1, -0.05) is 27.7 Å². The largest absolute Gasteiger partial charge is 0.480 e. The number of carboxylic acid groups (broad SMARTS) is 1. The molecule has 0 aliphatic carbocycles. The van der Waals surface area contributed by atoms with Crippen molar-refractivity contribution in [3.63, 3.8) is 0 Å². The van der Waals surface area contributed by atoms with Crippen LogP contribution in [-0.4, -0.2) is 52.8 Å². The highest BCUT2D eigenvalue weighted by molar-refractivity contribution is 5.88. The van der Waals surface area contributed by atoms with E-state index in [2.05, 4.69) is 16.0 Å². The molecule has 8 heteroatoms. The minimum absolute atomic E-state index is 0.0255. The third-order valence-electron chi connectivity index (χ3n) is 4.52. The van der Waals surface area contributed by atoms with Crippen molar-refractivity contribution in [2.75, 3.05) is 6.54 Å². The number of Topliss-reactive ketones (excluding diaryl/α,β-unsaturated/α-hetero) is 1. The highest BCUT2D eigenvalue weighted by atomic mass is 16.4. The predicted octanol–water partition coefficient (Wildman–Crippen LogP) is 2.40. The van der Waals surface area contributed by atoms with Gasteiger partial charge < -0.3 is 21.1 Å². The molecular formula is C22H41N3O5. The number of hydrogen-bond acceptors (Lipinski definition) is 5. The maximum atomic E-state index is 12.7. The molecular weight excluding hydrogens is 386 g/mol. The molecule has 0 radical (unpaired) electrons. The lowest BCUT2D eigenvalue weighted by atomic mass is 9.84. The fourth-order valence-electron chi connectivity index (χ4n) is 2.93. The minimum atomic E-state index is -1.15. The normalized spacial score (nSPS) is 14.0. The summed E-state index contributed by atoms with van der Waals surface area (Å²) in [6.45, 7) is 13.9. The van der Waals surface area contributed by atoms with Gasteiger partial charge in [-0.2, -0.15) is 0 Å². The van der Waals surface area contributed by atoms with E-state index in [4.69, 9.17) is 5.11 Å². The molecule has 0 saturated carbocycles. The van der Waals surface area contributed by atoms with Gasteiger partial charge in [0.25, 0.3) is 0 Å². The van der Waals surface area contributed by atoms with Crippen molar-refractivity contribution >= 4 is 23.6 Å². The van der Waals surface area contributed by atoms with Crippen LogP contribution in [-0.2, 0) is 19.2 Å². The van der Waals surface area contributed by atoms with Gasteiger partial charge in [-0.05, 0) is 46.5 Å². The molecule has 8 nitrogen and oxygen atoms in total. The summed E-state index contributed by atoms with van der Waals surface area (Å²) >= 11 is 0. The number of hydrogen-bond donors (Lipinski definition) is 4.